The number of hydrogen-bond donors (Lipinski definition) is 1. The number of nitrogens with one attached hydrogen (secondary N) is 1. The average Bonchev–Trinajstić information content (AvgIpc) is 2.47. The molecule has 14 heavy (non-hydrogen) atoms. The van der Waals surface area contributed by atoms with Crippen molar-refractivity contribution in [3.63, 3.8) is 0 Å². The molecule has 0 aliphatic carbocycles. The van der Waals surface area contributed by atoms with Crippen molar-refractivity contribution in [2.75, 3.05) is 20.3 Å². The van der Waals surface area contributed by atoms with Crippen LogP contribution in [0.25, 0.3) is 0 Å². The summed E-state index contributed by atoms with van der Waals surface area (Å²) < 4.78 is 6.79. The lowest BCUT2D eigenvalue weighted by atomic mass is 10.2. The van der Waals surface area contributed by atoms with E-state index < -0.39 is 0 Å². The second-order valence-electron chi connectivity index (χ2n) is 2.78. The Kier molecular flexibility index (Phi) is 5.20. The zero-order valence-electron chi connectivity index (χ0n) is 8.14. The first-order valence-corrected chi connectivity index (χ1v) is 5.96. The summed E-state index contributed by atoms with van der Waals surface area (Å²) in [6, 6.07) is 2.00. The van der Waals surface area contributed by atoms with Crippen molar-refractivity contribution in [2.45, 2.75) is 13.0 Å². The van der Waals surface area contributed by atoms with E-state index in [0.29, 0.717) is 17.6 Å². The molecule has 1 heterocycles. The molecule has 0 fully saturated rings. The van der Waals surface area contributed by atoms with E-state index in [2.05, 4.69) is 5.32 Å². The van der Waals surface area contributed by atoms with Crippen molar-refractivity contribution in [1.82, 2.24) is 5.32 Å². The van der Waals surface area contributed by atoms with Crippen molar-refractivity contribution in [3.8, 4) is 0 Å². The lowest BCUT2D eigenvalue weighted by molar-refractivity contribution is 0.125. The quantitative estimate of drug-likeness (QED) is 0.870. The predicted octanol–water partition coefficient (Wildman–Crippen LogP) is 3.35. The SMILES string of the molecule is CCOCC(NC)c1cc(Cl)sc1Cl. The largest absolute Gasteiger partial charge is 0.380 e. The highest BCUT2D eigenvalue weighted by molar-refractivity contribution is 7.20. The maximum absolute atomic E-state index is 6.04. The fourth-order valence-electron chi connectivity index (χ4n) is 1.15. The van der Waals surface area contributed by atoms with E-state index in [-0.39, 0.29) is 6.04 Å². The highest BCUT2D eigenvalue weighted by Crippen LogP contribution is 2.34. The molecule has 0 aliphatic heterocycles. The lowest BCUT2D eigenvalue weighted by Gasteiger charge is -2.14. The molecule has 5 heteroatoms. The van der Waals surface area contributed by atoms with E-state index in [0.717, 1.165) is 9.90 Å². The van der Waals surface area contributed by atoms with Crippen molar-refractivity contribution >= 4 is 34.5 Å². The Hall–Kier alpha value is 0.200. The van der Waals surface area contributed by atoms with Crippen LogP contribution in [0.5, 0.6) is 0 Å². The average molecular weight is 254 g/mol. The summed E-state index contributed by atoms with van der Waals surface area (Å²) in [5.74, 6) is 0. The summed E-state index contributed by atoms with van der Waals surface area (Å²) in [4.78, 5) is 0. The molecule has 0 aromatic carbocycles. The Morgan fingerprint density at radius 3 is 2.71 bits per heavy atom. The van der Waals surface area contributed by atoms with Gasteiger partial charge in [-0.15, -0.1) is 11.3 Å². The summed E-state index contributed by atoms with van der Waals surface area (Å²) in [7, 11) is 1.88. The summed E-state index contributed by atoms with van der Waals surface area (Å²) in [6.45, 7) is 3.28. The Morgan fingerprint density at radius 1 is 1.57 bits per heavy atom. The minimum absolute atomic E-state index is 0.117. The van der Waals surface area contributed by atoms with Gasteiger partial charge >= 0.3 is 0 Å². The highest BCUT2D eigenvalue weighted by Gasteiger charge is 2.15. The molecule has 1 N–H and O–H groups in total. The topological polar surface area (TPSA) is 21.3 Å². The van der Waals surface area contributed by atoms with Gasteiger partial charge in [0.25, 0.3) is 0 Å². The predicted molar refractivity (Wildman–Crippen MR) is 62.6 cm³/mol. The van der Waals surface area contributed by atoms with E-state index in [4.69, 9.17) is 27.9 Å². The molecule has 0 aliphatic rings. The van der Waals surface area contributed by atoms with Crippen molar-refractivity contribution in [2.24, 2.45) is 0 Å². The molecule has 1 aromatic rings. The van der Waals surface area contributed by atoms with Gasteiger partial charge in [0.1, 0.15) is 0 Å². The maximum Gasteiger partial charge on any atom is 0.0992 e. The van der Waals surface area contributed by atoms with Gasteiger partial charge in [0.15, 0.2) is 0 Å². The third kappa shape index (κ3) is 3.11. The van der Waals surface area contributed by atoms with Gasteiger partial charge in [-0.1, -0.05) is 23.2 Å². The first kappa shape index (κ1) is 12.3. The van der Waals surface area contributed by atoms with Crippen LogP contribution in [-0.2, 0) is 4.74 Å². The number of hydrogen-bond acceptors (Lipinski definition) is 3. The van der Waals surface area contributed by atoms with Crippen LogP contribution >= 0.6 is 34.5 Å². The van der Waals surface area contributed by atoms with Crippen LogP contribution in [0, 0.1) is 0 Å². The highest BCUT2D eigenvalue weighted by atomic mass is 35.5. The number of likely N-dealkylation sites (N-methyl/N-ethyl adjacent to an activating group) is 1. The fraction of sp³-hybridized carbons (Fsp3) is 0.556. The molecular weight excluding hydrogens is 241 g/mol. The molecule has 1 aromatic heterocycles. The minimum Gasteiger partial charge on any atom is -0.380 e. The second kappa shape index (κ2) is 5.93. The molecule has 0 amide bonds. The van der Waals surface area contributed by atoms with Gasteiger partial charge in [-0.2, -0.15) is 0 Å². The Balaban J connectivity index is 2.72. The van der Waals surface area contributed by atoms with Gasteiger partial charge in [-0.25, -0.2) is 0 Å². The fourth-order valence-corrected chi connectivity index (χ4v) is 2.73. The third-order valence-corrected chi connectivity index (χ3v) is 3.41. The first-order valence-electron chi connectivity index (χ1n) is 4.38. The smallest absolute Gasteiger partial charge is 0.0992 e. The molecule has 1 rings (SSSR count). The number of ether oxygens (including phenoxy) is 1. The van der Waals surface area contributed by atoms with Crippen LogP contribution < -0.4 is 5.32 Å². The Bertz CT molecular complexity index is 290. The summed E-state index contributed by atoms with van der Waals surface area (Å²) >= 11 is 13.3. The zero-order valence-corrected chi connectivity index (χ0v) is 10.5. The van der Waals surface area contributed by atoms with Gasteiger partial charge in [-0.3, -0.25) is 0 Å². The van der Waals surface area contributed by atoms with Crippen LogP contribution in [-0.4, -0.2) is 20.3 Å². The number of rotatable bonds is 5. The van der Waals surface area contributed by atoms with E-state index in [1.54, 1.807) is 0 Å². The molecule has 0 bridgehead atoms. The molecule has 0 radical (unpaired) electrons. The van der Waals surface area contributed by atoms with E-state index in [1.165, 1.54) is 11.3 Å². The van der Waals surface area contributed by atoms with Crippen LogP contribution in [0.15, 0.2) is 6.07 Å². The minimum atomic E-state index is 0.117. The van der Waals surface area contributed by atoms with Gasteiger partial charge < -0.3 is 10.1 Å². The summed E-state index contributed by atoms with van der Waals surface area (Å²) in [5.41, 5.74) is 1.01. The third-order valence-electron chi connectivity index (χ3n) is 1.90. The van der Waals surface area contributed by atoms with E-state index in [9.17, 15) is 0 Å². The van der Waals surface area contributed by atoms with Crippen molar-refractivity contribution in [1.29, 1.82) is 0 Å². The Morgan fingerprint density at radius 2 is 2.29 bits per heavy atom. The van der Waals surface area contributed by atoms with Crippen molar-refractivity contribution in [3.05, 3.63) is 20.3 Å². The second-order valence-corrected chi connectivity index (χ2v) is 5.07. The van der Waals surface area contributed by atoms with Gasteiger partial charge in [-0.05, 0) is 20.0 Å². The van der Waals surface area contributed by atoms with Crippen LogP contribution in [0.4, 0.5) is 0 Å². The van der Waals surface area contributed by atoms with E-state index in [1.807, 2.05) is 20.0 Å². The van der Waals surface area contributed by atoms with Gasteiger partial charge in [0.05, 0.1) is 21.3 Å². The molecule has 0 saturated heterocycles. The van der Waals surface area contributed by atoms with Crippen LogP contribution in [0.2, 0.25) is 8.67 Å². The summed E-state index contributed by atoms with van der Waals surface area (Å²) in [6.07, 6.45) is 0. The maximum atomic E-state index is 6.04. The molecular formula is C9H13Cl2NOS. The normalized spacial score (nSPS) is 13.1. The molecule has 0 spiro atoms. The molecule has 0 saturated carbocycles. The lowest BCUT2D eigenvalue weighted by Crippen LogP contribution is -2.21. The van der Waals surface area contributed by atoms with Crippen molar-refractivity contribution < 1.29 is 4.74 Å². The zero-order chi connectivity index (χ0) is 10.6. The van der Waals surface area contributed by atoms with E-state index >= 15 is 0 Å². The monoisotopic (exact) mass is 253 g/mol. The Labute approximate surface area is 98.2 Å². The molecule has 2 nitrogen and oxygen atoms in total. The first-order chi connectivity index (χ1) is 6.69. The summed E-state index contributed by atoms with van der Waals surface area (Å²) in [5, 5.41) is 3.15. The van der Waals surface area contributed by atoms with Gasteiger partial charge in [0.2, 0.25) is 0 Å². The van der Waals surface area contributed by atoms with Crippen LogP contribution in [0.3, 0.4) is 0 Å². The number of halogens is 2. The molecule has 1 atom stereocenters. The number of thiophene rings is 1. The van der Waals surface area contributed by atoms with Gasteiger partial charge in [0, 0.05) is 12.2 Å². The molecule has 80 valence electrons. The van der Waals surface area contributed by atoms with Crippen LogP contribution in [0.1, 0.15) is 18.5 Å². The standard InChI is InChI=1S/C9H13Cl2NOS/c1-3-13-5-7(12-2)6-4-8(10)14-9(6)11/h4,7,12H,3,5H2,1-2H3. The molecule has 1 unspecified atom stereocenters.